The van der Waals surface area contributed by atoms with E-state index in [4.69, 9.17) is 32.7 Å². The van der Waals surface area contributed by atoms with Gasteiger partial charge in [-0.2, -0.15) is 0 Å². The average Bonchev–Trinajstić information content (AvgIpc) is 2.59. The summed E-state index contributed by atoms with van der Waals surface area (Å²) in [6.07, 6.45) is 2.55. The lowest BCUT2D eigenvalue weighted by Gasteiger charge is -2.35. The standard InChI is InChI=1S/C17H21Cl2NO3/c18-14-2-1-13(10-15(14)19)9-12-3-5-20(6-4-12)17(21)16-11-22-7-8-23-16/h1-2,10,12,16H,3-9,11H2. The Morgan fingerprint density at radius 1 is 1.17 bits per heavy atom. The summed E-state index contributed by atoms with van der Waals surface area (Å²) in [6, 6.07) is 5.81. The lowest BCUT2D eigenvalue weighted by Crippen LogP contribution is -2.48. The van der Waals surface area contributed by atoms with E-state index in [1.807, 2.05) is 23.1 Å². The number of hydrogen-bond acceptors (Lipinski definition) is 3. The van der Waals surface area contributed by atoms with Crippen molar-refractivity contribution in [2.75, 3.05) is 32.9 Å². The fourth-order valence-electron chi connectivity index (χ4n) is 3.19. The van der Waals surface area contributed by atoms with Crippen LogP contribution in [-0.4, -0.2) is 49.8 Å². The molecule has 2 heterocycles. The van der Waals surface area contributed by atoms with Crippen LogP contribution in [0.15, 0.2) is 18.2 Å². The smallest absolute Gasteiger partial charge is 0.254 e. The molecule has 2 aliphatic rings. The Labute approximate surface area is 146 Å². The molecule has 0 aliphatic carbocycles. The Bertz CT molecular complexity index is 553. The van der Waals surface area contributed by atoms with Gasteiger partial charge in [-0.1, -0.05) is 29.3 Å². The summed E-state index contributed by atoms with van der Waals surface area (Å²) in [6.45, 7) is 3.02. The van der Waals surface area contributed by atoms with Crippen molar-refractivity contribution < 1.29 is 14.3 Å². The molecule has 126 valence electrons. The second-order valence-corrected chi connectivity index (χ2v) is 6.97. The molecule has 2 fully saturated rings. The monoisotopic (exact) mass is 357 g/mol. The Balaban J connectivity index is 1.49. The molecule has 1 aromatic rings. The van der Waals surface area contributed by atoms with Crippen LogP contribution in [-0.2, 0) is 20.7 Å². The quantitative estimate of drug-likeness (QED) is 0.833. The molecule has 1 unspecified atom stereocenters. The molecular formula is C17H21Cl2NO3. The summed E-state index contributed by atoms with van der Waals surface area (Å²) < 4.78 is 10.8. The van der Waals surface area contributed by atoms with E-state index in [0.29, 0.717) is 35.8 Å². The van der Waals surface area contributed by atoms with Crippen LogP contribution in [0.3, 0.4) is 0 Å². The normalized spacial score (nSPS) is 23.0. The van der Waals surface area contributed by atoms with Gasteiger partial charge in [-0.25, -0.2) is 0 Å². The number of carbonyl (C=O) groups excluding carboxylic acids is 1. The van der Waals surface area contributed by atoms with Gasteiger partial charge in [-0.05, 0) is 42.9 Å². The van der Waals surface area contributed by atoms with Gasteiger partial charge in [0.25, 0.3) is 5.91 Å². The summed E-state index contributed by atoms with van der Waals surface area (Å²) in [5.41, 5.74) is 1.20. The van der Waals surface area contributed by atoms with Crippen molar-refractivity contribution in [3.05, 3.63) is 33.8 Å². The van der Waals surface area contributed by atoms with E-state index in [2.05, 4.69) is 0 Å². The molecule has 3 rings (SSSR count). The number of rotatable bonds is 3. The fourth-order valence-corrected chi connectivity index (χ4v) is 3.51. The molecule has 0 N–H and O–H groups in total. The lowest BCUT2D eigenvalue weighted by molar-refractivity contribution is -0.159. The van der Waals surface area contributed by atoms with Gasteiger partial charge in [0.05, 0.1) is 29.9 Å². The van der Waals surface area contributed by atoms with Gasteiger partial charge in [-0.15, -0.1) is 0 Å². The summed E-state index contributed by atoms with van der Waals surface area (Å²) in [4.78, 5) is 14.3. The number of carbonyl (C=O) groups is 1. The number of ether oxygens (including phenoxy) is 2. The van der Waals surface area contributed by atoms with Crippen molar-refractivity contribution in [1.29, 1.82) is 0 Å². The molecule has 0 spiro atoms. The molecule has 0 saturated carbocycles. The second-order valence-electron chi connectivity index (χ2n) is 6.16. The van der Waals surface area contributed by atoms with Gasteiger partial charge in [0.1, 0.15) is 0 Å². The first-order chi connectivity index (χ1) is 11.1. The molecular weight excluding hydrogens is 337 g/mol. The van der Waals surface area contributed by atoms with Crippen LogP contribution in [0.25, 0.3) is 0 Å². The highest BCUT2D eigenvalue weighted by molar-refractivity contribution is 6.42. The van der Waals surface area contributed by atoms with Gasteiger partial charge in [0.15, 0.2) is 6.10 Å². The number of amides is 1. The van der Waals surface area contributed by atoms with Gasteiger partial charge >= 0.3 is 0 Å². The third-order valence-corrected chi connectivity index (χ3v) is 5.26. The SMILES string of the molecule is O=C(C1COCCO1)N1CCC(Cc2ccc(Cl)c(Cl)c2)CC1. The number of benzene rings is 1. The molecule has 0 bridgehead atoms. The second kappa shape index (κ2) is 7.84. The summed E-state index contributed by atoms with van der Waals surface area (Å²) in [7, 11) is 0. The Hall–Kier alpha value is -0.810. The number of likely N-dealkylation sites (tertiary alicyclic amines) is 1. The van der Waals surface area contributed by atoms with E-state index in [1.165, 1.54) is 5.56 Å². The highest BCUT2D eigenvalue weighted by Gasteiger charge is 2.30. The molecule has 6 heteroatoms. The zero-order chi connectivity index (χ0) is 16.2. The van der Waals surface area contributed by atoms with E-state index >= 15 is 0 Å². The number of piperidine rings is 1. The van der Waals surface area contributed by atoms with Crippen molar-refractivity contribution in [2.45, 2.75) is 25.4 Å². The molecule has 1 amide bonds. The molecule has 2 aliphatic heterocycles. The average molecular weight is 358 g/mol. The van der Waals surface area contributed by atoms with Gasteiger partial charge in [-0.3, -0.25) is 4.79 Å². The van der Waals surface area contributed by atoms with Crippen molar-refractivity contribution >= 4 is 29.1 Å². The highest BCUT2D eigenvalue weighted by atomic mass is 35.5. The summed E-state index contributed by atoms with van der Waals surface area (Å²) in [5, 5.41) is 1.19. The maximum absolute atomic E-state index is 12.4. The third kappa shape index (κ3) is 4.38. The Kier molecular flexibility index (Phi) is 5.81. The maximum atomic E-state index is 12.4. The first kappa shape index (κ1) is 17.0. The molecule has 1 aromatic carbocycles. The topological polar surface area (TPSA) is 38.8 Å². The number of hydrogen-bond donors (Lipinski definition) is 0. The molecule has 0 radical (unpaired) electrons. The Morgan fingerprint density at radius 3 is 2.61 bits per heavy atom. The number of halogens is 2. The van der Waals surface area contributed by atoms with E-state index in [9.17, 15) is 4.79 Å². The van der Waals surface area contributed by atoms with E-state index < -0.39 is 6.10 Å². The van der Waals surface area contributed by atoms with Crippen molar-refractivity contribution in [2.24, 2.45) is 5.92 Å². The summed E-state index contributed by atoms with van der Waals surface area (Å²) >= 11 is 12.0. The molecule has 0 aromatic heterocycles. The van der Waals surface area contributed by atoms with Crippen LogP contribution >= 0.6 is 23.2 Å². The van der Waals surface area contributed by atoms with E-state index in [0.717, 1.165) is 32.4 Å². The minimum absolute atomic E-state index is 0.0673. The van der Waals surface area contributed by atoms with Gasteiger partial charge < -0.3 is 14.4 Å². The molecule has 4 nitrogen and oxygen atoms in total. The van der Waals surface area contributed by atoms with Gasteiger partial charge in [0, 0.05) is 13.1 Å². The van der Waals surface area contributed by atoms with Crippen molar-refractivity contribution in [3.8, 4) is 0 Å². The fraction of sp³-hybridized carbons (Fsp3) is 0.588. The Morgan fingerprint density at radius 2 is 1.96 bits per heavy atom. The maximum Gasteiger partial charge on any atom is 0.254 e. The van der Waals surface area contributed by atoms with Crippen LogP contribution in [0.4, 0.5) is 0 Å². The molecule has 2 saturated heterocycles. The molecule has 1 atom stereocenters. The predicted octanol–water partition coefficient (Wildman–Crippen LogP) is 3.19. The van der Waals surface area contributed by atoms with Crippen LogP contribution in [0.2, 0.25) is 10.0 Å². The van der Waals surface area contributed by atoms with Crippen LogP contribution in [0.5, 0.6) is 0 Å². The minimum Gasteiger partial charge on any atom is -0.376 e. The minimum atomic E-state index is -0.421. The van der Waals surface area contributed by atoms with Crippen LogP contribution < -0.4 is 0 Å². The highest BCUT2D eigenvalue weighted by Crippen LogP contribution is 2.27. The zero-order valence-electron chi connectivity index (χ0n) is 13.0. The third-order valence-electron chi connectivity index (χ3n) is 4.53. The first-order valence-electron chi connectivity index (χ1n) is 8.05. The zero-order valence-corrected chi connectivity index (χ0v) is 14.5. The lowest BCUT2D eigenvalue weighted by atomic mass is 9.90. The van der Waals surface area contributed by atoms with Gasteiger partial charge in [0.2, 0.25) is 0 Å². The van der Waals surface area contributed by atoms with Crippen molar-refractivity contribution in [1.82, 2.24) is 4.90 Å². The summed E-state index contributed by atoms with van der Waals surface area (Å²) in [5.74, 6) is 0.637. The first-order valence-corrected chi connectivity index (χ1v) is 8.81. The largest absolute Gasteiger partial charge is 0.376 e. The van der Waals surface area contributed by atoms with E-state index in [1.54, 1.807) is 0 Å². The predicted molar refractivity (Wildman–Crippen MR) is 90.0 cm³/mol. The van der Waals surface area contributed by atoms with E-state index in [-0.39, 0.29) is 5.91 Å². The van der Waals surface area contributed by atoms with Crippen LogP contribution in [0.1, 0.15) is 18.4 Å². The van der Waals surface area contributed by atoms with Crippen LogP contribution in [0, 0.1) is 5.92 Å². The molecule has 23 heavy (non-hydrogen) atoms. The van der Waals surface area contributed by atoms with Crippen molar-refractivity contribution in [3.63, 3.8) is 0 Å². The number of nitrogens with zero attached hydrogens (tertiary/aromatic N) is 1.